The van der Waals surface area contributed by atoms with E-state index in [0.29, 0.717) is 22.4 Å². The molecule has 39 heavy (non-hydrogen) atoms. The average molecular weight is 553 g/mol. The van der Waals surface area contributed by atoms with E-state index in [4.69, 9.17) is 9.47 Å². The van der Waals surface area contributed by atoms with Crippen molar-refractivity contribution in [2.75, 3.05) is 18.5 Å². The number of ether oxygens (including phenoxy) is 2. The summed E-state index contributed by atoms with van der Waals surface area (Å²) in [5, 5.41) is 22.5. The van der Waals surface area contributed by atoms with Crippen LogP contribution in [-0.4, -0.2) is 59.5 Å². The van der Waals surface area contributed by atoms with Crippen LogP contribution in [0.2, 0.25) is 0 Å². The zero-order valence-electron chi connectivity index (χ0n) is 20.0. The Kier molecular flexibility index (Phi) is 6.92. The number of esters is 1. The van der Waals surface area contributed by atoms with Gasteiger partial charge in [-0.15, -0.1) is 5.10 Å². The number of aromatic nitrogens is 6. The van der Waals surface area contributed by atoms with Crippen LogP contribution in [0.15, 0.2) is 54.9 Å². The van der Waals surface area contributed by atoms with Crippen LogP contribution in [0.5, 0.6) is 5.88 Å². The number of rotatable bonds is 9. The van der Waals surface area contributed by atoms with Gasteiger partial charge in [0.2, 0.25) is 5.88 Å². The van der Waals surface area contributed by atoms with Crippen LogP contribution in [0, 0.1) is 15.9 Å². The number of carbonyl (C=O) groups excluding carboxylic acids is 2. The minimum absolute atomic E-state index is 0.0358. The Bertz CT molecular complexity index is 1700. The lowest BCUT2D eigenvalue weighted by Crippen LogP contribution is -2.14. The van der Waals surface area contributed by atoms with E-state index >= 15 is 0 Å². The summed E-state index contributed by atoms with van der Waals surface area (Å²) in [5.74, 6) is -1.18. The van der Waals surface area contributed by atoms with Crippen molar-refractivity contribution < 1.29 is 28.4 Å². The normalized spacial score (nSPS) is 10.9. The molecule has 0 bridgehead atoms. The minimum atomic E-state index is -0.622. The second-order valence-electron chi connectivity index (χ2n) is 7.78. The Morgan fingerprint density at radius 3 is 2.64 bits per heavy atom. The largest absolute Gasteiger partial charge is 0.473 e. The summed E-state index contributed by atoms with van der Waals surface area (Å²) < 4.78 is 26.5. The third-order valence-electron chi connectivity index (χ3n) is 5.12. The summed E-state index contributed by atoms with van der Waals surface area (Å²) in [6.07, 6.45) is 2.96. The molecule has 0 fully saturated rings. The molecule has 0 spiro atoms. The van der Waals surface area contributed by atoms with Gasteiger partial charge in [-0.1, -0.05) is 11.3 Å². The third-order valence-corrected chi connectivity index (χ3v) is 6.16. The highest BCUT2D eigenvalue weighted by Crippen LogP contribution is 2.28. The van der Waals surface area contributed by atoms with Crippen LogP contribution >= 0.6 is 11.3 Å². The molecular formula is C23H17FN8O6S. The predicted octanol–water partition coefficient (Wildman–Crippen LogP) is 3.30. The molecule has 0 aliphatic carbocycles. The molecule has 1 aromatic carbocycles. The Labute approximate surface area is 221 Å². The fourth-order valence-corrected chi connectivity index (χ4v) is 4.13. The van der Waals surface area contributed by atoms with Gasteiger partial charge in [-0.2, -0.15) is 15.1 Å². The maximum Gasteiger partial charge on any atom is 0.324 e. The molecule has 0 aliphatic heterocycles. The summed E-state index contributed by atoms with van der Waals surface area (Å²) in [7, 11) is 0. The summed E-state index contributed by atoms with van der Waals surface area (Å²) >= 11 is 0.716. The first-order valence-electron chi connectivity index (χ1n) is 11.2. The molecule has 0 aliphatic rings. The van der Waals surface area contributed by atoms with Gasteiger partial charge in [0, 0.05) is 25.3 Å². The standard InChI is InChI=1S/C23H17FN8O6S/c1-13(33)37-10-11-38-18-8-9-30(29-18)23-27-20(26-22(34)17-6-7-19(39-17)32(35)36)16-12-25-31(21(16)28-23)15-4-2-14(24)3-5-15/h2-9,12H,10-11H2,1H3,(H,26,27,28,34). The number of fused-ring (bicyclic) bond motifs is 1. The molecule has 4 aromatic heterocycles. The van der Waals surface area contributed by atoms with E-state index in [0.717, 1.165) is 0 Å². The lowest BCUT2D eigenvalue weighted by atomic mass is 10.3. The molecule has 5 rings (SSSR count). The van der Waals surface area contributed by atoms with E-state index in [1.807, 2.05) is 0 Å². The molecule has 0 saturated heterocycles. The van der Waals surface area contributed by atoms with Gasteiger partial charge in [0.25, 0.3) is 11.9 Å². The van der Waals surface area contributed by atoms with Gasteiger partial charge in [-0.3, -0.25) is 19.7 Å². The third kappa shape index (κ3) is 5.54. The molecule has 1 amide bonds. The summed E-state index contributed by atoms with van der Waals surface area (Å²) in [4.78, 5) is 43.3. The number of thiophene rings is 1. The Morgan fingerprint density at radius 1 is 1.13 bits per heavy atom. The molecule has 198 valence electrons. The van der Waals surface area contributed by atoms with Gasteiger partial charge in [-0.05, 0) is 30.3 Å². The Morgan fingerprint density at radius 2 is 1.92 bits per heavy atom. The van der Waals surface area contributed by atoms with Crippen molar-refractivity contribution in [1.29, 1.82) is 0 Å². The molecule has 16 heteroatoms. The second kappa shape index (κ2) is 10.6. The lowest BCUT2D eigenvalue weighted by molar-refractivity contribution is -0.380. The topological polar surface area (TPSA) is 169 Å². The zero-order chi connectivity index (χ0) is 27.5. The van der Waals surface area contributed by atoms with Gasteiger partial charge in [0.15, 0.2) is 5.65 Å². The van der Waals surface area contributed by atoms with Crippen LogP contribution in [0.1, 0.15) is 16.6 Å². The van der Waals surface area contributed by atoms with Crippen molar-refractivity contribution in [3.63, 3.8) is 0 Å². The van der Waals surface area contributed by atoms with Crippen molar-refractivity contribution in [2.45, 2.75) is 6.92 Å². The number of benzene rings is 1. The Balaban J connectivity index is 1.51. The van der Waals surface area contributed by atoms with Crippen LogP contribution in [0.3, 0.4) is 0 Å². The van der Waals surface area contributed by atoms with Gasteiger partial charge in [0.05, 0.1) is 27.1 Å². The van der Waals surface area contributed by atoms with E-state index in [-0.39, 0.29) is 46.4 Å². The van der Waals surface area contributed by atoms with Crippen LogP contribution in [-0.2, 0) is 9.53 Å². The number of nitrogens with one attached hydrogen (secondary N) is 1. The smallest absolute Gasteiger partial charge is 0.324 e. The summed E-state index contributed by atoms with van der Waals surface area (Å²) in [6.45, 7) is 1.40. The SMILES string of the molecule is CC(=O)OCCOc1ccn(-c2nc(NC(=O)c3ccc([N+](=O)[O-])s3)c3cnn(-c4ccc(F)cc4)c3n2)n1. The quantitative estimate of drug-likeness (QED) is 0.124. The monoisotopic (exact) mass is 552 g/mol. The van der Waals surface area contributed by atoms with Gasteiger partial charge < -0.3 is 14.8 Å². The van der Waals surface area contributed by atoms with Crippen LogP contribution < -0.4 is 10.1 Å². The first-order valence-corrected chi connectivity index (χ1v) is 12.0. The fourth-order valence-electron chi connectivity index (χ4n) is 3.41. The van der Waals surface area contributed by atoms with Crippen LogP contribution in [0.4, 0.5) is 15.2 Å². The van der Waals surface area contributed by atoms with Crippen molar-refractivity contribution in [1.82, 2.24) is 29.5 Å². The maximum atomic E-state index is 13.5. The number of hydrogen-bond donors (Lipinski definition) is 1. The molecule has 0 atom stereocenters. The molecule has 1 N–H and O–H groups in total. The van der Waals surface area contributed by atoms with Crippen molar-refractivity contribution in [3.8, 4) is 17.5 Å². The van der Waals surface area contributed by atoms with Crippen LogP contribution in [0.25, 0.3) is 22.7 Å². The molecular weight excluding hydrogens is 535 g/mol. The van der Waals surface area contributed by atoms with E-state index < -0.39 is 22.6 Å². The minimum Gasteiger partial charge on any atom is -0.473 e. The molecule has 4 heterocycles. The summed E-state index contributed by atoms with van der Waals surface area (Å²) in [6, 6.07) is 9.67. The van der Waals surface area contributed by atoms with E-state index in [9.17, 15) is 24.1 Å². The first-order chi connectivity index (χ1) is 18.8. The maximum absolute atomic E-state index is 13.5. The van der Waals surface area contributed by atoms with Gasteiger partial charge in [0.1, 0.15) is 24.8 Å². The summed E-state index contributed by atoms with van der Waals surface area (Å²) in [5.41, 5.74) is 0.768. The second-order valence-corrected chi connectivity index (χ2v) is 8.84. The highest BCUT2D eigenvalue weighted by Gasteiger charge is 2.20. The number of nitrogens with zero attached hydrogens (tertiary/aromatic N) is 7. The Hall–Kier alpha value is -5.25. The van der Waals surface area contributed by atoms with E-state index in [1.54, 1.807) is 6.07 Å². The van der Waals surface area contributed by atoms with Crippen molar-refractivity contribution in [2.24, 2.45) is 0 Å². The number of anilines is 1. The van der Waals surface area contributed by atoms with Crippen molar-refractivity contribution >= 4 is 45.1 Å². The highest BCUT2D eigenvalue weighted by molar-refractivity contribution is 7.17. The molecule has 0 unspecified atom stereocenters. The number of halogens is 1. The number of nitro groups is 1. The van der Waals surface area contributed by atoms with Gasteiger partial charge in [-0.25, -0.2) is 13.8 Å². The molecule has 0 radical (unpaired) electrons. The number of amides is 1. The average Bonchev–Trinajstić information content (AvgIpc) is 3.67. The highest BCUT2D eigenvalue weighted by atomic mass is 32.1. The lowest BCUT2D eigenvalue weighted by Gasteiger charge is -2.09. The fraction of sp³-hybridized carbons (Fsp3) is 0.130. The number of hydrogen-bond acceptors (Lipinski definition) is 11. The van der Waals surface area contributed by atoms with E-state index in [2.05, 4.69) is 25.5 Å². The van der Waals surface area contributed by atoms with Crippen molar-refractivity contribution in [3.05, 3.63) is 75.7 Å². The predicted molar refractivity (Wildman–Crippen MR) is 135 cm³/mol. The van der Waals surface area contributed by atoms with Gasteiger partial charge >= 0.3 is 11.0 Å². The molecule has 0 saturated carbocycles. The van der Waals surface area contributed by atoms with E-state index in [1.165, 1.54) is 65.1 Å². The molecule has 5 aromatic rings. The zero-order valence-corrected chi connectivity index (χ0v) is 20.8. The number of carbonyl (C=O) groups is 2. The molecule has 14 nitrogen and oxygen atoms in total. The first kappa shape index (κ1) is 25.4.